The van der Waals surface area contributed by atoms with E-state index in [-0.39, 0.29) is 0 Å². The quantitative estimate of drug-likeness (QED) is 0.717. The molecule has 1 N–H and O–H groups in total. The van der Waals surface area contributed by atoms with Gasteiger partial charge in [0.25, 0.3) is 0 Å². The van der Waals surface area contributed by atoms with Crippen molar-refractivity contribution >= 4 is 5.97 Å². The van der Waals surface area contributed by atoms with E-state index in [1.807, 2.05) is 0 Å². The van der Waals surface area contributed by atoms with Crippen molar-refractivity contribution in [3.63, 3.8) is 0 Å². The van der Waals surface area contributed by atoms with Gasteiger partial charge in [-0.2, -0.15) is 0 Å². The maximum Gasteiger partial charge on any atom is 0.303 e. The van der Waals surface area contributed by atoms with Crippen molar-refractivity contribution in [3.05, 3.63) is 0 Å². The predicted octanol–water partition coefficient (Wildman–Crippen LogP) is 2.75. The van der Waals surface area contributed by atoms with Gasteiger partial charge in [-0.1, -0.05) is 26.2 Å². The van der Waals surface area contributed by atoms with Gasteiger partial charge in [0.1, 0.15) is 0 Å². The fourth-order valence-corrected chi connectivity index (χ4v) is 1.58. The first-order chi connectivity index (χ1) is 7.16. The fourth-order valence-electron chi connectivity index (χ4n) is 1.58. The lowest BCUT2D eigenvalue weighted by Crippen LogP contribution is -2.10. The molecule has 0 atom stereocenters. The van der Waals surface area contributed by atoms with Gasteiger partial charge in [0.05, 0.1) is 0 Å². The Morgan fingerprint density at radius 1 is 1.20 bits per heavy atom. The molecular formula is C12H25NO2. The third-order valence-corrected chi connectivity index (χ3v) is 2.57. The molecule has 1 aliphatic heterocycles. The zero-order valence-electron chi connectivity index (χ0n) is 10.2. The number of nitrogens with zero attached hydrogens (tertiary/aromatic N) is 1. The van der Waals surface area contributed by atoms with E-state index in [9.17, 15) is 4.79 Å². The summed E-state index contributed by atoms with van der Waals surface area (Å²) < 4.78 is 0. The van der Waals surface area contributed by atoms with E-state index >= 15 is 0 Å². The molecule has 0 spiro atoms. The first-order valence-electron chi connectivity index (χ1n) is 6.07. The number of carboxylic acids is 1. The maximum absolute atomic E-state index is 9.96. The van der Waals surface area contributed by atoms with E-state index in [2.05, 4.69) is 18.9 Å². The Balaban J connectivity index is 0.000000280. The van der Waals surface area contributed by atoms with Crippen LogP contribution in [0.4, 0.5) is 0 Å². The second-order valence-corrected chi connectivity index (χ2v) is 4.21. The Morgan fingerprint density at radius 2 is 1.80 bits per heavy atom. The summed E-state index contributed by atoms with van der Waals surface area (Å²) in [5.74, 6) is -0.675. The average molecular weight is 215 g/mol. The summed E-state index contributed by atoms with van der Waals surface area (Å²) >= 11 is 0. The standard InChI is InChI=1S/C7H14O2.C5H11N/c1-2-3-4-5-6-7(8)9;1-6-4-2-3-5-6/h2-6H2,1H3,(H,8,9);2-5H2,1H3. The van der Waals surface area contributed by atoms with Crippen molar-refractivity contribution in [2.45, 2.75) is 51.9 Å². The van der Waals surface area contributed by atoms with E-state index < -0.39 is 5.97 Å². The molecule has 0 bridgehead atoms. The lowest BCUT2D eigenvalue weighted by molar-refractivity contribution is -0.137. The molecule has 1 rings (SSSR count). The number of carboxylic acid groups (broad SMARTS) is 1. The van der Waals surface area contributed by atoms with Crippen LogP contribution in [-0.2, 0) is 4.79 Å². The van der Waals surface area contributed by atoms with Crippen LogP contribution in [0.5, 0.6) is 0 Å². The summed E-state index contributed by atoms with van der Waals surface area (Å²) in [6, 6.07) is 0. The number of unbranched alkanes of at least 4 members (excludes halogenated alkanes) is 3. The second kappa shape index (κ2) is 9.97. The van der Waals surface area contributed by atoms with Crippen molar-refractivity contribution in [1.29, 1.82) is 0 Å². The van der Waals surface area contributed by atoms with Gasteiger partial charge in [-0.15, -0.1) is 0 Å². The van der Waals surface area contributed by atoms with Crippen molar-refractivity contribution in [2.75, 3.05) is 20.1 Å². The van der Waals surface area contributed by atoms with Gasteiger partial charge in [-0.05, 0) is 39.4 Å². The van der Waals surface area contributed by atoms with Crippen LogP contribution >= 0.6 is 0 Å². The zero-order chi connectivity index (χ0) is 11.5. The van der Waals surface area contributed by atoms with Crippen LogP contribution in [0.15, 0.2) is 0 Å². The molecule has 90 valence electrons. The summed E-state index contributed by atoms with van der Waals surface area (Å²) in [7, 11) is 2.17. The van der Waals surface area contributed by atoms with Crippen molar-refractivity contribution in [1.82, 2.24) is 4.90 Å². The molecule has 1 aliphatic rings. The largest absolute Gasteiger partial charge is 0.481 e. The lowest BCUT2D eigenvalue weighted by Gasteiger charge is -2.01. The fraction of sp³-hybridized carbons (Fsp3) is 0.917. The number of carbonyl (C=O) groups is 1. The Hall–Kier alpha value is -0.570. The molecule has 0 aromatic heterocycles. The van der Waals surface area contributed by atoms with Gasteiger partial charge in [0.2, 0.25) is 0 Å². The molecule has 3 heteroatoms. The minimum Gasteiger partial charge on any atom is -0.481 e. The van der Waals surface area contributed by atoms with Gasteiger partial charge < -0.3 is 10.0 Å². The molecule has 15 heavy (non-hydrogen) atoms. The van der Waals surface area contributed by atoms with E-state index in [0.29, 0.717) is 6.42 Å². The van der Waals surface area contributed by atoms with E-state index in [1.165, 1.54) is 32.4 Å². The van der Waals surface area contributed by atoms with Gasteiger partial charge in [0, 0.05) is 6.42 Å². The van der Waals surface area contributed by atoms with Gasteiger partial charge in [-0.25, -0.2) is 0 Å². The highest BCUT2D eigenvalue weighted by atomic mass is 16.4. The highest BCUT2D eigenvalue weighted by Crippen LogP contribution is 2.02. The van der Waals surface area contributed by atoms with Crippen LogP contribution in [0.1, 0.15) is 51.9 Å². The van der Waals surface area contributed by atoms with Crippen LogP contribution in [0.2, 0.25) is 0 Å². The molecule has 0 aliphatic carbocycles. The maximum atomic E-state index is 9.96. The molecule has 1 saturated heterocycles. The molecule has 0 amide bonds. The molecule has 1 heterocycles. The summed E-state index contributed by atoms with van der Waals surface area (Å²) in [5.41, 5.74) is 0. The van der Waals surface area contributed by atoms with Crippen LogP contribution in [0, 0.1) is 0 Å². The summed E-state index contributed by atoms with van der Waals surface area (Å²) in [4.78, 5) is 12.3. The predicted molar refractivity (Wildman–Crippen MR) is 63.1 cm³/mol. The Morgan fingerprint density at radius 3 is 2.13 bits per heavy atom. The van der Waals surface area contributed by atoms with Gasteiger partial charge >= 0.3 is 5.97 Å². The topological polar surface area (TPSA) is 40.5 Å². The minimum atomic E-state index is -0.675. The van der Waals surface area contributed by atoms with Crippen molar-refractivity contribution < 1.29 is 9.90 Å². The molecule has 0 radical (unpaired) electrons. The highest BCUT2D eigenvalue weighted by molar-refractivity contribution is 5.66. The van der Waals surface area contributed by atoms with Crippen LogP contribution in [0.3, 0.4) is 0 Å². The van der Waals surface area contributed by atoms with Crippen molar-refractivity contribution in [3.8, 4) is 0 Å². The summed E-state index contributed by atoms with van der Waals surface area (Å²) in [5, 5.41) is 8.21. The van der Waals surface area contributed by atoms with E-state index in [1.54, 1.807) is 0 Å². The Kier molecular flexibility index (Phi) is 9.59. The SMILES string of the molecule is CCCCCCC(=O)O.CN1CCCC1. The normalized spacial score (nSPS) is 15.9. The third kappa shape index (κ3) is 11.4. The van der Waals surface area contributed by atoms with Crippen molar-refractivity contribution in [2.24, 2.45) is 0 Å². The van der Waals surface area contributed by atoms with E-state index in [4.69, 9.17) is 5.11 Å². The van der Waals surface area contributed by atoms with Gasteiger partial charge in [-0.3, -0.25) is 4.79 Å². The molecular weight excluding hydrogens is 190 g/mol. The number of hydrogen-bond acceptors (Lipinski definition) is 2. The van der Waals surface area contributed by atoms with Crippen LogP contribution in [-0.4, -0.2) is 36.1 Å². The molecule has 0 saturated carbocycles. The smallest absolute Gasteiger partial charge is 0.303 e. The monoisotopic (exact) mass is 215 g/mol. The Labute approximate surface area is 93.5 Å². The molecule has 0 aromatic carbocycles. The Bertz CT molecular complexity index is 154. The van der Waals surface area contributed by atoms with Gasteiger partial charge in [0.15, 0.2) is 0 Å². The average Bonchev–Trinajstić information content (AvgIpc) is 2.65. The third-order valence-electron chi connectivity index (χ3n) is 2.57. The molecule has 0 aromatic rings. The second-order valence-electron chi connectivity index (χ2n) is 4.21. The first kappa shape index (κ1) is 14.4. The number of hydrogen-bond donors (Lipinski definition) is 1. The summed E-state index contributed by atoms with van der Waals surface area (Å²) in [6.45, 7) is 4.75. The number of rotatable bonds is 5. The number of aliphatic carboxylic acids is 1. The summed E-state index contributed by atoms with van der Waals surface area (Å²) in [6.07, 6.45) is 7.38. The molecule has 0 unspecified atom stereocenters. The molecule has 1 fully saturated rings. The van der Waals surface area contributed by atoms with E-state index in [0.717, 1.165) is 19.3 Å². The number of likely N-dealkylation sites (tertiary alicyclic amines) is 1. The van der Waals surface area contributed by atoms with Crippen LogP contribution < -0.4 is 0 Å². The first-order valence-corrected chi connectivity index (χ1v) is 6.07. The zero-order valence-corrected chi connectivity index (χ0v) is 10.2. The van der Waals surface area contributed by atoms with Crippen LogP contribution in [0.25, 0.3) is 0 Å². The lowest BCUT2D eigenvalue weighted by atomic mass is 10.2. The molecule has 3 nitrogen and oxygen atoms in total. The highest BCUT2D eigenvalue weighted by Gasteiger charge is 2.03. The minimum absolute atomic E-state index is 0.333.